The highest BCUT2D eigenvalue weighted by molar-refractivity contribution is 6.04. The van der Waals surface area contributed by atoms with Crippen LogP contribution in [0.1, 0.15) is 18.5 Å². The number of urea groups is 1. The number of non-ortho nitro benzene ring substituents is 1. The molecule has 2 rings (SSSR count). The molecule has 0 aromatic heterocycles. The molecule has 1 aromatic carbocycles. The molecule has 0 unspecified atom stereocenters. The summed E-state index contributed by atoms with van der Waals surface area (Å²) in [5.41, 5.74) is 0.531. The normalized spacial score (nSPS) is 15.6. The number of amides is 4. The van der Waals surface area contributed by atoms with Crippen LogP contribution in [0.2, 0.25) is 0 Å². The van der Waals surface area contributed by atoms with Gasteiger partial charge in [-0.2, -0.15) is 0 Å². The van der Waals surface area contributed by atoms with Crippen molar-refractivity contribution in [2.24, 2.45) is 0 Å². The molecule has 9 heteroatoms. The minimum absolute atomic E-state index is 0.0454. The van der Waals surface area contributed by atoms with E-state index in [-0.39, 0.29) is 18.8 Å². The number of hydrogen-bond acceptors (Lipinski definition) is 5. The van der Waals surface area contributed by atoms with Crippen molar-refractivity contribution in [2.45, 2.75) is 13.0 Å². The Morgan fingerprint density at radius 1 is 1.42 bits per heavy atom. The molecule has 1 saturated heterocycles. The molecule has 1 atom stereocenters. The first kappa shape index (κ1) is 17.4. The lowest BCUT2D eigenvalue weighted by molar-refractivity contribution is -0.384. The highest BCUT2D eigenvalue weighted by Crippen LogP contribution is 2.23. The Balaban J connectivity index is 2.10. The second-order valence-corrected chi connectivity index (χ2v) is 5.65. The van der Waals surface area contributed by atoms with Crippen molar-refractivity contribution in [1.29, 1.82) is 0 Å². The molecule has 9 nitrogen and oxygen atoms in total. The van der Waals surface area contributed by atoms with Gasteiger partial charge in [0.15, 0.2) is 0 Å². The maximum absolute atomic E-state index is 12.4. The van der Waals surface area contributed by atoms with Crippen molar-refractivity contribution in [3.63, 3.8) is 0 Å². The van der Waals surface area contributed by atoms with Crippen molar-refractivity contribution in [3.8, 4) is 0 Å². The number of nitrogens with zero attached hydrogens (tertiary/aromatic N) is 4. The molecule has 0 saturated carbocycles. The molecule has 1 aliphatic rings. The van der Waals surface area contributed by atoms with E-state index in [1.54, 1.807) is 19.1 Å². The predicted molar refractivity (Wildman–Crippen MR) is 84.0 cm³/mol. The Hall–Kier alpha value is -2.97. The van der Waals surface area contributed by atoms with Crippen molar-refractivity contribution in [1.82, 2.24) is 14.7 Å². The molecular weight excluding hydrogens is 316 g/mol. The summed E-state index contributed by atoms with van der Waals surface area (Å²) in [6, 6.07) is 5.04. The summed E-state index contributed by atoms with van der Waals surface area (Å²) in [5.74, 6) is -0.849. The second kappa shape index (κ2) is 6.65. The lowest BCUT2D eigenvalue weighted by Crippen LogP contribution is -2.42. The largest absolute Gasteiger partial charge is 0.337 e. The minimum Gasteiger partial charge on any atom is -0.337 e. The number of carbonyl (C=O) groups is 3. The number of likely N-dealkylation sites (N-methyl/N-ethyl adjacent to an activating group) is 2. The summed E-state index contributed by atoms with van der Waals surface area (Å²) in [5, 5.41) is 10.9. The van der Waals surface area contributed by atoms with Gasteiger partial charge in [-0.05, 0) is 12.5 Å². The zero-order valence-electron chi connectivity index (χ0n) is 13.6. The van der Waals surface area contributed by atoms with Crippen molar-refractivity contribution < 1.29 is 19.3 Å². The van der Waals surface area contributed by atoms with Crippen molar-refractivity contribution >= 4 is 23.5 Å². The zero-order valence-corrected chi connectivity index (χ0v) is 13.6. The summed E-state index contributed by atoms with van der Waals surface area (Å²) in [6.45, 7) is 1.32. The summed E-state index contributed by atoms with van der Waals surface area (Å²) in [6.07, 6.45) is 0. The van der Waals surface area contributed by atoms with Gasteiger partial charge in [-0.15, -0.1) is 0 Å². The zero-order chi connectivity index (χ0) is 18.0. The maximum atomic E-state index is 12.4. The van der Waals surface area contributed by atoms with Crippen LogP contribution in [-0.4, -0.2) is 64.7 Å². The molecule has 1 aromatic rings. The van der Waals surface area contributed by atoms with E-state index < -0.39 is 28.8 Å². The molecule has 0 radical (unpaired) electrons. The lowest BCUT2D eigenvalue weighted by atomic mass is 10.1. The standard InChI is InChI=1S/C15H18N4O5/c1-10(11-5-4-6-12(7-11)19(23)24)17(3)13(20)9-18-14(21)8-16(2)15(18)22/h4-7,10H,8-9H2,1-3H3/t10-/m0/s1. The quantitative estimate of drug-likeness (QED) is 0.454. The highest BCUT2D eigenvalue weighted by atomic mass is 16.6. The Morgan fingerprint density at radius 2 is 2.08 bits per heavy atom. The van der Waals surface area contributed by atoms with Crippen molar-refractivity contribution in [3.05, 3.63) is 39.9 Å². The number of nitro groups is 1. The van der Waals surface area contributed by atoms with Gasteiger partial charge in [0.1, 0.15) is 13.1 Å². The highest BCUT2D eigenvalue weighted by Gasteiger charge is 2.35. The van der Waals surface area contributed by atoms with E-state index in [9.17, 15) is 24.5 Å². The third-order valence-electron chi connectivity index (χ3n) is 4.06. The van der Waals surface area contributed by atoms with Gasteiger partial charge in [0.2, 0.25) is 5.91 Å². The van der Waals surface area contributed by atoms with Crippen LogP contribution < -0.4 is 0 Å². The van der Waals surface area contributed by atoms with E-state index >= 15 is 0 Å². The van der Waals surface area contributed by atoms with Gasteiger partial charge in [0.05, 0.1) is 11.0 Å². The molecule has 0 bridgehead atoms. The van der Waals surface area contributed by atoms with Crippen molar-refractivity contribution in [2.75, 3.05) is 27.2 Å². The monoisotopic (exact) mass is 334 g/mol. The lowest BCUT2D eigenvalue weighted by Gasteiger charge is -2.26. The molecule has 1 fully saturated rings. The van der Waals surface area contributed by atoms with E-state index in [2.05, 4.69) is 0 Å². The summed E-state index contributed by atoms with van der Waals surface area (Å²) in [7, 11) is 3.01. The molecule has 24 heavy (non-hydrogen) atoms. The Bertz CT molecular complexity index is 705. The molecule has 0 N–H and O–H groups in total. The number of imide groups is 1. The molecule has 0 spiro atoms. The fourth-order valence-electron chi connectivity index (χ4n) is 2.41. The number of nitro benzene ring substituents is 1. The van der Waals surface area contributed by atoms with Gasteiger partial charge in [-0.3, -0.25) is 24.6 Å². The Morgan fingerprint density at radius 3 is 2.62 bits per heavy atom. The summed E-state index contributed by atoms with van der Waals surface area (Å²) in [4.78, 5) is 49.8. The fraction of sp³-hybridized carbons (Fsp3) is 0.400. The molecule has 0 aliphatic carbocycles. The van der Waals surface area contributed by atoms with E-state index in [1.807, 2.05) is 0 Å². The second-order valence-electron chi connectivity index (χ2n) is 5.65. The molecule has 1 heterocycles. The van der Waals surface area contributed by atoms with Gasteiger partial charge in [-0.25, -0.2) is 4.79 Å². The van der Waals surface area contributed by atoms with Gasteiger partial charge < -0.3 is 9.80 Å². The minimum atomic E-state index is -0.509. The first-order valence-electron chi connectivity index (χ1n) is 7.28. The Labute approximate surface area is 138 Å². The van der Waals surface area contributed by atoms with Crippen LogP contribution in [0.25, 0.3) is 0 Å². The number of rotatable bonds is 5. The van der Waals surface area contributed by atoms with E-state index in [1.165, 1.54) is 36.0 Å². The number of carbonyl (C=O) groups excluding carboxylic acids is 3. The third kappa shape index (κ3) is 3.34. The number of benzene rings is 1. The van der Waals surface area contributed by atoms with E-state index in [0.717, 1.165) is 4.90 Å². The molecular formula is C15H18N4O5. The molecule has 128 valence electrons. The first-order chi connectivity index (χ1) is 11.2. The number of hydrogen-bond donors (Lipinski definition) is 0. The Kier molecular flexibility index (Phi) is 4.82. The maximum Gasteiger partial charge on any atom is 0.327 e. The predicted octanol–water partition coefficient (Wildman–Crippen LogP) is 1.01. The van der Waals surface area contributed by atoms with Gasteiger partial charge in [-0.1, -0.05) is 12.1 Å². The average Bonchev–Trinajstić information content (AvgIpc) is 2.79. The van der Waals surface area contributed by atoms with Crippen LogP contribution in [0, 0.1) is 10.1 Å². The molecule has 1 aliphatic heterocycles. The van der Waals surface area contributed by atoms with Gasteiger partial charge in [0, 0.05) is 26.2 Å². The fourth-order valence-corrected chi connectivity index (χ4v) is 2.41. The molecule has 4 amide bonds. The van der Waals surface area contributed by atoms with Crippen LogP contribution in [0.5, 0.6) is 0 Å². The van der Waals surface area contributed by atoms with Crippen LogP contribution in [0.15, 0.2) is 24.3 Å². The summed E-state index contributed by atoms with van der Waals surface area (Å²) < 4.78 is 0. The van der Waals surface area contributed by atoms with Gasteiger partial charge in [0.25, 0.3) is 11.6 Å². The van der Waals surface area contributed by atoms with Crippen LogP contribution in [0.3, 0.4) is 0 Å². The third-order valence-corrected chi connectivity index (χ3v) is 4.06. The first-order valence-corrected chi connectivity index (χ1v) is 7.28. The van der Waals surface area contributed by atoms with Crippen LogP contribution in [0.4, 0.5) is 10.5 Å². The van der Waals surface area contributed by atoms with E-state index in [4.69, 9.17) is 0 Å². The smallest absolute Gasteiger partial charge is 0.327 e. The van der Waals surface area contributed by atoms with Crippen LogP contribution in [-0.2, 0) is 9.59 Å². The topological polar surface area (TPSA) is 104 Å². The van der Waals surface area contributed by atoms with Crippen LogP contribution >= 0.6 is 0 Å². The summed E-state index contributed by atoms with van der Waals surface area (Å²) >= 11 is 0. The average molecular weight is 334 g/mol. The SMILES string of the molecule is C[C@@H](c1cccc([N+](=O)[O-])c1)N(C)C(=O)CN1C(=O)CN(C)C1=O. The van der Waals surface area contributed by atoms with E-state index in [0.29, 0.717) is 5.56 Å². The van der Waals surface area contributed by atoms with Gasteiger partial charge >= 0.3 is 6.03 Å².